The van der Waals surface area contributed by atoms with Crippen molar-refractivity contribution < 1.29 is 33.7 Å². The molecule has 0 radical (unpaired) electrons. The first-order valence-corrected chi connectivity index (χ1v) is 17.2. The Morgan fingerprint density at radius 1 is 0.872 bits per heavy atom. The van der Waals surface area contributed by atoms with Crippen LogP contribution < -0.4 is 0 Å². The average Bonchev–Trinajstić information content (AvgIpc) is 3.03. The van der Waals surface area contributed by atoms with Crippen LogP contribution in [-0.2, 0) is 25.5 Å². The van der Waals surface area contributed by atoms with Crippen LogP contribution in [0.15, 0.2) is 66.8 Å². The Bertz CT molecular complexity index is 1310. The third-order valence-electron chi connectivity index (χ3n) is 9.50. The standard InChI is InChI=1S/C40H55FO6/c1-8-9-10-11-29-14-18-32(19-15-29)34-22-23-35(36(41)24-34)33-20-16-30(17-21-33)12-13-31(25-46-37(42)27(2)39(4,5)44)26-47-38(43)28(3)40(6,7)45/h16-17,20-24,29,31-32,44-45H,2-3,8-15,18-19,25-26H2,1,4-7H3. The first-order valence-electron chi connectivity index (χ1n) is 17.2. The number of hydrogen-bond acceptors (Lipinski definition) is 6. The van der Waals surface area contributed by atoms with Crippen molar-refractivity contribution in [2.24, 2.45) is 11.8 Å². The van der Waals surface area contributed by atoms with Crippen molar-refractivity contribution in [1.82, 2.24) is 0 Å². The second kappa shape index (κ2) is 17.2. The summed E-state index contributed by atoms with van der Waals surface area (Å²) in [4.78, 5) is 24.9. The van der Waals surface area contributed by atoms with Gasteiger partial charge in [0.1, 0.15) is 5.82 Å². The third kappa shape index (κ3) is 11.7. The molecule has 0 spiro atoms. The molecule has 0 saturated heterocycles. The van der Waals surface area contributed by atoms with Crippen molar-refractivity contribution in [2.45, 2.75) is 116 Å². The van der Waals surface area contributed by atoms with E-state index in [1.54, 1.807) is 6.07 Å². The fourth-order valence-corrected chi connectivity index (χ4v) is 5.98. The monoisotopic (exact) mass is 650 g/mol. The minimum atomic E-state index is -1.43. The van der Waals surface area contributed by atoms with Crippen LogP contribution in [-0.4, -0.2) is 46.6 Å². The Kier molecular flexibility index (Phi) is 14.0. The fraction of sp³-hybridized carbons (Fsp3) is 0.550. The summed E-state index contributed by atoms with van der Waals surface area (Å²) >= 11 is 0. The number of carbonyl (C=O) groups is 2. The second-order valence-corrected chi connectivity index (χ2v) is 14.3. The van der Waals surface area contributed by atoms with Crippen molar-refractivity contribution in [3.8, 4) is 11.1 Å². The number of halogens is 1. The Labute approximate surface area is 281 Å². The largest absolute Gasteiger partial charge is 0.462 e. The molecule has 0 heterocycles. The summed E-state index contributed by atoms with van der Waals surface area (Å²) in [5, 5.41) is 20.2. The van der Waals surface area contributed by atoms with E-state index >= 15 is 4.39 Å². The third-order valence-corrected chi connectivity index (χ3v) is 9.50. The highest BCUT2D eigenvalue weighted by atomic mass is 19.1. The molecule has 1 aliphatic carbocycles. The molecule has 1 fully saturated rings. The topological polar surface area (TPSA) is 93.1 Å². The van der Waals surface area contributed by atoms with E-state index < -0.39 is 23.1 Å². The van der Waals surface area contributed by atoms with Crippen LogP contribution in [0.4, 0.5) is 4.39 Å². The summed E-state index contributed by atoms with van der Waals surface area (Å²) in [6, 6.07) is 13.4. The lowest BCUT2D eigenvalue weighted by molar-refractivity contribution is -0.146. The minimum absolute atomic E-state index is 0.0631. The molecule has 3 rings (SSSR count). The molecule has 7 heteroatoms. The van der Waals surface area contributed by atoms with E-state index in [4.69, 9.17) is 9.47 Å². The predicted molar refractivity (Wildman–Crippen MR) is 185 cm³/mol. The Hall–Kier alpha value is -3.29. The van der Waals surface area contributed by atoms with Gasteiger partial charge in [-0.2, -0.15) is 0 Å². The van der Waals surface area contributed by atoms with Crippen LogP contribution in [0, 0.1) is 17.7 Å². The van der Waals surface area contributed by atoms with E-state index in [-0.39, 0.29) is 36.1 Å². The van der Waals surface area contributed by atoms with Gasteiger partial charge in [-0.3, -0.25) is 0 Å². The summed E-state index contributed by atoms with van der Waals surface area (Å²) in [7, 11) is 0. The average molecular weight is 651 g/mol. The van der Waals surface area contributed by atoms with Gasteiger partial charge in [0.2, 0.25) is 0 Å². The van der Waals surface area contributed by atoms with Crippen molar-refractivity contribution in [3.05, 3.63) is 83.7 Å². The normalized spacial score (nSPS) is 17.0. The lowest BCUT2D eigenvalue weighted by Crippen LogP contribution is -2.31. The zero-order chi connectivity index (χ0) is 34.8. The molecule has 0 bridgehead atoms. The molecular weight excluding hydrogens is 595 g/mol. The summed E-state index contributed by atoms with van der Waals surface area (Å²) in [6.45, 7) is 15.2. The van der Waals surface area contributed by atoms with Gasteiger partial charge in [-0.05, 0) is 101 Å². The van der Waals surface area contributed by atoms with Gasteiger partial charge in [-0.25, -0.2) is 14.0 Å². The molecule has 0 unspecified atom stereocenters. The summed E-state index contributed by atoms with van der Waals surface area (Å²) in [5.41, 5.74) is 0.437. The van der Waals surface area contributed by atoms with Crippen LogP contribution in [0.2, 0.25) is 0 Å². The number of benzene rings is 2. The molecule has 0 amide bonds. The minimum Gasteiger partial charge on any atom is -0.462 e. The van der Waals surface area contributed by atoms with E-state index in [2.05, 4.69) is 26.1 Å². The van der Waals surface area contributed by atoms with Gasteiger partial charge < -0.3 is 19.7 Å². The first-order chi connectivity index (χ1) is 22.1. The molecule has 2 N–H and O–H groups in total. The molecule has 6 nitrogen and oxygen atoms in total. The number of aryl methyl sites for hydroxylation is 1. The van der Waals surface area contributed by atoms with E-state index in [9.17, 15) is 19.8 Å². The zero-order valence-electron chi connectivity index (χ0n) is 29.1. The van der Waals surface area contributed by atoms with Crippen molar-refractivity contribution in [1.29, 1.82) is 0 Å². The zero-order valence-corrected chi connectivity index (χ0v) is 29.1. The number of unbranched alkanes of at least 4 members (excludes halogenated alkanes) is 2. The molecular formula is C40H55FO6. The highest BCUT2D eigenvalue weighted by Gasteiger charge is 2.28. The molecule has 0 atom stereocenters. The lowest BCUT2D eigenvalue weighted by atomic mass is 9.77. The van der Waals surface area contributed by atoms with Gasteiger partial charge in [0.15, 0.2) is 0 Å². The van der Waals surface area contributed by atoms with E-state index in [0.29, 0.717) is 24.3 Å². The van der Waals surface area contributed by atoms with Gasteiger partial charge in [0, 0.05) is 11.5 Å². The van der Waals surface area contributed by atoms with Crippen molar-refractivity contribution >= 4 is 11.9 Å². The Balaban J connectivity index is 1.61. The number of ether oxygens (including phenoxy) is 2. The highest BCUT2D eigenvalue weighted by Crippen LogP contribution is 2.39. The van der Waals surface area contributed by atoms with Gasteiger partial charge in [-0.1, -0.05) is 82.2 Å². The first kappa shape index (κ1) is 38.2. The van der Waals surface area contributed by atoms with Crippen molar-refractivity contribution in [3.63, 3.8) is 0 Å². The van der Waals surface area contributed by atoms with Gasteiger partial charge in [-0.15, -0.1) is 0 Å². The number of aliphatic hydroxyl groups is 2. The van der Waals surface area contributed by atoms with Crippen LogP contribution in [0.5, 0.6) is 0 Å². The van der Waals surface area contributed by atoms with Crippen LogP contribution in [0.1, 0.15) is 109 Å². The van der Waals surface area contributed by atoms with E-state index in [0.717, 1.165) is 35.4 Å². The van der Waals surface area contributed by atoms with E-state index in [1.807, 2.05) is 30.3 Å². The molecule has 0 aliphatic heterocycles. The summed E-state index contributed by atoms with van der Waals surface area (Å²) < 4.78 is 26.2. The van der Waals surface area contributed by atoms with Gasteiger partial charge in [0.25, 0.3) is 0 Å². The maximum Gasteiger partial charge on any atom is 0.336 e. The second-order valence-electron chi connectivity index (χ2n) is 14.3. The Morgan fingerprint density at radius 3 is 1.91 bits per heavy atom. The van der Waals surface area contributed by atoms with Crippen LogP contribution in [0.3, 0.4) is 0 Å². The van der Waals surface area contributed by atoms with Gasteiger partial charge >= 0.3 is 11.9 Å². The molecule has 1 aliphatic rings. The maximum atomic E-state index is 15.4. The maximum absolute atomic E-state index is 15.4. The predicted octanol–water partition coefficient (Wildman–Crippen LogP) is 8.64. The Morgan fingerprint density at radius 2 is 1.43 bits per heavy atom. The molecule has 2 aromatic rings. The SMILES string of the molecule is C=C(C(=O)OCC(CCc1ccc(-c2ccc(C3CCC(CCCCC)CC3)cc2F)cc1)COC(=O)C(=C)C(C)(C)O)C(C)(C)O. The van der Waals surface area contributed by atoms with E-state index in [1.165, 1.54) is 66.2 Å². The number of rotatable bonds is 17. The van der Waals surface area contributed by atoms with Gasteiger partial charge in [0.05, 0.1) is 35.6 Å². The molecule has 258 valence electrons. The number of hydrogen-bond donors (Lipinski definition) is 2. The molecule has 47 heavy (non-hydrogen) atoms. The number of esters is 2. The lowest BCUT2D eigenvalue weighted by Gasteiger charge is -2.29. The fourth-order valence-electron chi connectivity index (χ4n) is 5.98. The van der Waals surface area contributed by atoms with Crippen LogP contribution in [0.25, 0.3) is 11.1 Å². The summed E-state index contributed by atoms with van der Waals surface area (Å²) in [6.07, 6.45) is 11.0. The molecule has 2 aromatic carbocycles. The molecule has 1 saturated carbocycles. The summed E-state index contributed by atoms with van der Waals surface area (Å²) in [5.74, 6) is -0.800. The number of carbonyl (C=O) groups excluding carboxylic acids is 2. The quantitative estimate of drug-likeness (QED) is 0.101. The molecule has 0 aromatic heterocycles. The van der Waals surface area contributed by atoms with Crippen molar-refractivity contribution in [2.75, 3.05) is 13.2 Å². The smallest absolute Gasteiger partial charge is 0.336 e. The highest BCUT2D eigenvalue weighted by molar-refractivity contribution is 5.90. The van der Waals surface area contributed by atoms with Crippen LogP contribution >= 0.6 is 0 Å².